The molecule has 0 radical (unpaired) electrons. The molecule has 28 heavy (non-hydrogen) atoms. The van der Waals surface area contributed by atoms with Crippen molar-refractivity contribution in [2.24, 2.45) is 0 Å². The molecular formula is C20H25N3O3S2. The molecule has 4 rings (SSSR count). The molecule has 2 aromatic rings. The van der Waals surface area contributed by atoms with E-state index in [0.717, 1.165) is 50.6 Å². The zero-order chi connectivity index (χ0) is 19.7. The summed E-state index contributed by atoms with van der Waals surface area (Å²) in [6.07, 6.45) is 7.07. The lowest BCUT2D eigenvalue weighted by molar-refractivity contribution is 0.102. The summed E-state index contributed by atoms with van der Waals surface area (Å²) in [5.41, 5.74) is 1.42. The molecule has 2 aliphatic rings. The van der Waals surface area contributed by atoms with E-state index in [1.165, 1.54) is 22.3 Å². The van der Waals surface area contributed by atoms with Crippen LogP contribution in [0.5, 0.6) is 0 Å². The molecule has 6 nitrogen and oxygen atoms in total. The molecule has 0 spiro atoms. The first-order valence-corrected chi connectivity index (χ1v) is 12.1. The maximum absolute atomic E-state index is 13.0. The predicted octanol–water partition coefficient (Wildman–Crippen LogP) is 3.84. The van der Waals surface area contributed by atoms with Gasteiger partial charge in [-0.05, 0) is 63.6 Å². The van der Waals surface area contributed by atoms with E-state index in [1.54, 1.807) is 22.5 Å². The average Bonchev–Trinajstić information content (AvgIpc) is 3.10. The summed E-state index contributed by atoms with van der Waals surface area (Å²) in [6.45, 7) is 2.47. The van der Waals surface area contributed by atoms with E-state index in [2.05, 4.69) is 10.3 Å². The van der Waals surface area contributed by atoms with Crippen molar-refractivity contribution < 1.29 is 13.2 Å². The Balaban J connectivity index is 1.54. The fourth-order valence-corrected chi connectivity index (χ4v) is 6.73. The highest BCUT2D eigenvalue weighted by molar-refractivity contribution is 7.89. The number of aryl methyl sites for hydroxylation is 2. The van der Waals surface area contributed by atoms with Gasteiger partial charge in [-0.2, -0.15) is 4.31 Å². The number of nitrogens with zero attached hydrogens (tertiary/aromatic N) is 2. The van der Waals surface area contributed by atoms with Crippen molar-refractivity contribution in [1.29, 1.82) is 0 Å². The van der Waals surface area contributed by atoms with E-state index >= 15 is 0 Å². The molecule has 1 aliphatic carbocycles. The summed E-state index contributed by atoms with van der Waals surface area (Å²) in [7, 11) is -3.60. The number of carbonyl (C=O) groups excluding carboxylic acids is 1. The van der Waals surface area contributed by atoms with Gasteiger partial charge in [-0.1, -0.05) is 12.5 Å². The summed E-state index contributed by atoms with van der Waals surface area (Å²) < 4.78 is 27.7. The number of piperidine rings is 1. The Labute approximate surface area is 170 Å². The minimum Gasteiger partial charge on any atom is -0.298 e. The second-order valence-corrected chi connectivity index (χ2v) is 10.5. The number of carbonyl (C=O) groups is 1. The molecule has 1 aliphatic heterocycles. The lowest BCUT2D eigenvalue weighted by Crippen LogP contribution is -2.41. The van der Waals surface area contributed by atoms with Gasteiger partial charge in [0.2, 0.25) is 10.0 Å². The second kappa shape index (κ2) is 7.93. The number of fused-ring (bicyclic) bond motifs is 1. The highest BCUT2D eigenvalue weighted by atomic mass is 32.2. The van der Waals surface area contributed by atoms with Gasteiger partial charge in [-0.15, -0.1) is 11.3 Å². The van der Waals surface area contributed by atoms with Crippen LogP contribution in [0.15, 0.2) is 29.2 Å². The van der Waals surface area contributed by atoms with Crippen LogP contribution >= 0.6 is 11.3 Å². The molecule has 150 valence electrons. The molecule has 8 heteroatoms. The van der Waals surface area contributed by atoms with Crippen molar-refractivity contribution in [2.75, 3.05) is 11.9 Å². The lowest BCUT2D eigenvalue weighted by atomic mass is 10.0. The number of hydrogen-bond acceptors (Lipinski definition) is 5. The SMILES string of the molecule is CC1CCCCN1S(=O)(=O)c1cccc(C(=O)Nc2nc3c(s2)CCCC3)c1. The third-order valence-electron chi connectivity index (χ3n) is 5.51. The van der Waals surface area contributed by atoms with Crippen molar-refractivity contribution in [1.82, 2.24) is 9.29 Å². The van der Waals surface area contributed by atoms with Gasteiger partial charge in [-0.25, -0.2) is 13.4 Å². The van der Waals surface area contributed by atoms with Crippen LogP contribution < -0.4 is 5.32 Å². The topological polar surface area (TPSA) is 79.4 Å². The molecule has 1 atom stereocenters. The first-order valence-electron chi connectivity index (χ1n) is 9.87. The highest BCUT2D eigenvalue weighted by Crippen LogP contribution is 2.30. The molecular weight excluding hydrogens is 394 g/mol. The summed E-state index contributed by atoms with van der Waals surface area (Å²) >= 11 is 1.52. The van der Waals surface area contributed by atoms with Gasteiger partial charge < -0.3 is 0 Å². The van der Waals surface area contributed by atoms with Crippen LogP contribution in [-0.2, 0) is 22.9 Å². The van der Waals surface area contributed by atoms with E-state index in [0.29, 0.717) is 17.2 Å². The number of rotatable bonds is 4. The van der Waals surface area contributed by atoms with Gasteiger partial charge in [0.15, 0.2) is 5.13 Å². The number of nitrogens with one attached hydrogen (secondary N) is 1. The lowest BCUT2D eigenvalue weighted by Gasteiger charge is -2.32. The number of thiazole rings is 1. The van der Waals surface area contributed by atoms with Crippen molar-refractivity contribution in [2.45, 2.75) is 62.8 Å². The zero-order valence-electron chi connectivity index (χ0n) is 16.0. The van der Waals surface area contributed by atoms with Crippen LogP contribution in [0.25, 0.3) is 0 Å². The minimum absolute atomic E-state index is 0.0159. The Kier molecular flexibility index (Phi) is 5.53. The summed E-state index contributed by atoms with van der Waals surface area (Å²) in [4.78, 5) is 18.6. The molecule has 0 bridgehead atoms. The van der Waals surface area contributed by atoms with Gasteiger partial charge in [0.1, 0.15) is 0 Å². The quantitative estimate of drug-likeness (QED) is 0.817. The van der Waals surface area contributed by atoms with Crippen LogP contribution in [0.2, 0.25) is 0 Å². The number of amides is 1. The van der Waals surface area contributed by atoms with Crippen molar-refractivity contribution in [3.8, 4) is 0 Å². The summed E-state index contributed by atoms with van der Waals surface area (Å²) in [6, 6.07) is 6.29. The number of benzene rings is 1. The normalized spacial score (nSPS) is 20.5. The standard InChI is InChI=1S/C20H25N3O3S2/c1-14-7-4-5-12-23(14)28(25,26)16-9-6-8-15(13-16)19(24)22-20-21-17-10-2-3-11-18(17)27-20/h6,8-9,13-14H,2-5,7,10-12H2,1H3,(H,21,22,24). The molecule has 2 heterocycles. The van der Waals surface area contributed by atoms with Crippen LogP contribution in [0.3, 0.4) is 0 Å². The Morgan fingerprint density at radius 1 is 1.21 bits per heavy atom. The molecule has 1 aromatic carbocycles. The molecule has 1 saturated heterocycles. The summed E-state index contributed by atoms with van der Waals surface area (Å²) in [5.74, 6) is -0.324. The Morgan fingerprint density at radius 3 is 2.82 bits per heavy atom. The second-order valence-electron chi connectivity index (χ2n) is 7.54. The fraction of sp³-hybridized carbons (Fsp3) is 0.500. The number of sulfonamides is 1. The molecule has 1 amide bonds. The Morgan fingerprint density at radius 2 is 2.04 bits per heavy atom. The van der Waals surface area contributed by atoms with Gasteiger partial charge in [0.05, 0.1) is 10.6 Å². The number of aromatic nitrogens is 1. The van der Waals surface area contributed by atoms with E-state index in [1.807, 2.05) is 6.92 Å². The zero-order valence-corrected chi connectivity index (χ0v) is 17.6. The van der Waals surface area contributed by atoms with E-state index in [9.17, 15) is 13.2 Å². The van der Waals surface area contributed by atoms with Crippen LogP contribution in [0.1, 0.15) is 60.0 Å². The average molecular weight is 420 g/mol. The van der Waals surface area contributed by atoms with Gasteiger partial charge in [0.25, 0.3) is 5.91 Å². The molecule has 0 saturated carbocycles. The predicted molar refractivity (Wildman–Crippen MR) is 110 cm³/mol. The van der Waals surface area contributed by atoms with E-state index < -0.39 is 10.0 Å². The first kappa shape index (κ1) is 19.5. The fourth-order valence-electron chi connectivity index (χ4n) is 3.94. The Hall–Kier alpha value is -1.77. The maximum Gasteiger partial charge on any atom is 0.257 e. The summed E-state index contributed by atoms with van der Waals surface area (Å²) in [5, 5.41) is 3.43. The van der Waals surface area contributed by atoms with Gasteiger partial charge in [-0.3, -0.25) is 10.1 Å². The van der Waals surface area contributed by atoms with Crippen molar-refractivity contribution in [3.63, 3.8) is 0 Å². The maximum atomic E-state index is 13.0. The monoisotopic (exact) mass is 419 g/mol. The van der Waals surface area contributed by atoms with Crippen LogP contribution in [0.4, 0.5) is 5.13 Å². The number of anilines is 1. The Bertz CT molecular complexity index is 961. The van der Waals surface area contributed by atoms with E-state index in [4.69, 9.17) is 0 Å². The number of hydrogen-bond donors (Lipinski definition) is 1. The van der Waals surface area contributed by atoms with Crippen LogP contribution in [-0.4, -0.2) is 36.2 Å². The first-order chi connectivity index (χ1) is 13.4. The smallest absolute Gasteiger partial charge is 0.257 e. The highest BCUT2D eigenvalue weighted by Gasteiger charge is 2.31. The van der Waals surface area contributed by atoms with Gasteiger partial charge in [0, 0.05) is 23.0 Å². The third kappa shape index (κ3) is 3.86. The van der Waals surface area contributed by atoms with Crippen LogP contribution in [0, 0.1) is 0 Å². The minimum atomic E-state index is -3.60. The van der Waals surface area contributed by atoms with Gasteiger partial charge >= 0.3 is 0 Å². The van der Waals surface area contributed by atoms with E-state index in [-0.39, 0.29) is 16.8 Å². The van der Waals surface area contributed by atoms with Crippen molar-refractivity contribution >= 4 is 32.4 Å². The molecule has 1 unspecified atom stereocenters. The molecule has 1 aromatic heterocycles. The van der Waals surface area contributed by atoms with Crippen molar-refractivity contribution in [3.05, 3.63) is 40.4 Å². The molecule has 1 fully saturated rings. The third-order valence-corrected chi connectivity index (χ3v) is 8.59. The molecule has 1 N–H and O–H groups in total. The largest absolute Gasteiger partial charge is 0.298 e.